The Morgan fingerprint density at radius 3 is 2.50 bits per heavy atom. The SMILES string of the molecule is CC(C(=O)c1ccc(Cl)cc1Cl)N1CC2CCCC2C1. The molecule has 3 rings (SSSR count). The molecule has 4 heteroatoms. The van der Waals surface area contributed by atoms with Gasteiger partial charge in [0.1, 0.15) is 0 Å². The molecule has 0 aromatic heterocycles. The Kier molecular flexibility index (Phi) is 4.07. The van der Waals surface area contributed by atoms with E-state index in [4.69, 9.17) is 23.2 Å². The average molecular weight is 312 g/mol. The van der Waals surface area contributed by atoms with Gasteiger partial charge in [-0.25, -0.2) is 0 Å². The molecule has 1 aliphatic heterocycles. The van der Waals surface area contributed by atoms with E-state index >= 15 is 0 Å². The van der Waals surface area contributed by atoms with Crippen molar-refractivity contribution in [3.8, 4) is 0 Å². The summed E-state index contributed by atoms with van der Waals surface area (Å²) in [6.07, 6.45) is 4.00. The highest BCUT2D eigenvalue weighted by Crippen LogP contribution is 2.38. The zero-order chi connectivity index (χ0) is 14.3. The topological polar surface area (TPSA) is 20.3 Å². The van der Waals surface area contributed by atoms with Gasteiger partial charge in [0.25, 0.3) is 0 Å². The van der Waals surface area contributed by atoms with E-state index in [0.717, 1.165) is 24.9 Å². The molecular formula is C16H19Cl2NO. The van der Waals surface area contributed by atoms with Crippen LogP contribution in [-0.4, -0.2) is 29.8 Å². The monoisotopic (exact) mass is 311 g/mol. The Hall–Kier alpha value is -0.570. The minimum atomic E-state index is -0.0979. The number of carbonyl (C=O) groups excluding carboxylic acids is 1. The summed E-state index contributed by atoms with van der Waals surface area (Å²) < 4.78 is 0. The molecule has 0 radical (unpaired) electrons. The van der Waals surface area contributed by atoms with E-state index in [2.05, 4.69) is 4.90 Å². The van der Waals surface area contributed by atoms with Gasteiger partial charge in [0.2, 0.25) is 0 Å². The highest BCUT2D eigenvalue weighted by molar-refractivity contribution is 6.37. The molecule has 2 nitrogen and oxygen atoms in total. The number of nitrogens with zero attached hydrogens (tertiary/aromatic N) is 1. The summed E-state index contributed by atoms with van der Waals surface area (Å²) in [7, 11) is 0. The van der Waals surface area contributed by atoms with Crippen LogP contribution in [0.25, 0.3) is 0 Å². The molecule has 0 bridgehead atoms. The van der Waals surface area contributed by atoms with Crippen molar-refractivity contribution < 1.29 is 4.79 Å². The fourth-order valence-corrected chi connectivity index (χ4v) is 4.17. The summed E-state index contributed by atoms with van der Waals surface area (Å²) >= 11 is 12.0. The quantitative estimate of drug-likeness (QED) is 0.776. The van der Waals surface area contributed by atoms with E-state index < -0.39 is 0 Å². The first-order chi connectivity index (χ1) is 9.56. The van der Waals surface area contributed by atoms with Crippen molar-refractivity contribution in [2.75, 3.05) is 13.1 Å². The lowest BCUT2D eigenvalue weighted by Crippen LogP contribution is -2.38. The van der Waals surface area contributed by atoms with Gasteiger partial charge in [0, 0.05) is 23.7 Å². The molecule has 1 aliphatic carbocycles. The van der Waals surface area contributed by atoms with Crippen molar-refractivity contribution in [2.24, 2.45) is 11.8 Å². The summed E-state index contributed by atoms with van der Waals surface area (Å²) in [5.41, 5.74) is 0.584. The van der Waals surface area contributed by atoms with Gasteiger partial charge in [-0.3, -0.25) is 9.69 Å². The summed E-state index contributed by atoms with van der Waals surface area (Å²) in [6, 6.07) is 5.01. The van der Waals surface area contributed by atoms with Crippen molar-refractivity contribution in [3.63, 3.8) is 0 Å². The molecule has 2 aliphatic rings. The summed E-state index contributed by atoms with van der Waals surface area (Å²) in [5, 5.41) is 1.02. The molecule has 1 saturated carbocycles. The van der Waals surface area contributed by atoms with Crippen LogP contribution in [-0.2, 0) is 0 Å². The first-order valence-corrected chi connectivity index (χ1v) is 8.05. The summed E-state index contributed by atoms with van der Waals surface area (Å²) in [5.74, 6) is 1.70. The van der Waals surface area contributed by atoms with E-state index in [0.29, 0.717) is 15.6 Å². The van der Waals surface area contributed by atoms with Crippen LogP contribution in [0.4, 0.5) is 0 Å². The van der Waals surface area contributed by atoms with Gasteiger partial charge in [-0.15, -0.1) is 0 Å². The predicted molar refractivity (Wildman–Crippen MR) is 82.7 cm³/mol. The van der Waals surface area contributed by atoms with Crippen LogP contribution in [0, 0.1) is 11.8 Å². The number of ketones is 1. The number of benzene rings is 1. The van der Waals surface area contributed by atoms with Gasteiger partial charge < -0.3 is 0 Å². The smallest absolute Gasteiger partial charge is 0.181 e. The molecule has 1 saturated heterocycles. The van der Waals surface area contributed by atoms with Gasteiger partial charge >= 0.3 is 0 Å². The lowest BCUT2D eigenvalue weighted by Gasteiger charge is -2.24. The van der Waals surface area contributed by atoms with Crippen LogP contribution < -0.4 is 0 Å². The second-order valence-electron chi connectivity index (χ2n) is 6.07. The Morgan fingerprint density at radius 2 is 1.90 bits per heavy atom. The molecule has 0 spiro atoms. The maximum absolute atomic E-state index is 12.6. The van der Waals surface area contributed by atoms with Gasteiger partial charge in [0.05, 0.1) is 11.1 Å². The molecule has 20 heavy (non-hydrogen) atoms. The number of halogens is 2. The second kappa shape index (κ2) is 5.67. The highest BCUT2D eigenvalue weighted by atomic mass is 35.5. The number of hydrogen-bond acceptors (Lipinski definition) is 2. The maximum atomic E-state index is 12.6. The van der Waals surface area contributed by atoms with E-state index in [1.807, 2.05) is 6.92 Å². The standard InChI is InChI=1S/C16H19Cl2NO/c1-10(19-8-11-3-2-4-12(11)9-19)16(20)14-6-5-13(17)7-15(14)18/h5-7,10-12H,2-4,8-9H2,1H3. The average Bonchev–Trinajstić information content (AvgIpc) is 2.97. The number of carbonyl (C=O) groups is 1. The van der Waals surface area contributed by atoms with Crippen LogP contribution in [0.5, 0.6) is 0 Å². The predicted octanol–water partition coefficient (Wildman–Crippen LogP) is 4.30. The van der Waals surface area contributed by atoms with Crippen LogP contribution in [0.15, 0.2) is 18.2 Å². The lowest BCUT2D eigenvalue weighted by molar-refractivity contribution is 0.0858. The minimum Gasteiger partial charge on any atom is -0.293 e. The fourth-order valence-electron chi connectivity index (χ4n) is 3.67. The van der Waals surface area contributed by atoms with Gasteiger partial charge in [-0.1, -0.05) is 29.6 Å². The third-order valence-corrected chi connectivity index (χ3v) is 5.43. The van der Waals surface area contributed by atoms with Crippen LogP contribution in [0.3, 0.4) is 0 Å². The van der Waals surface area contributed by atoms with Gasteiger partial charge in [-0.05, 0) is 49.8 Å². The van der Waals surface area contributed by atoms with Crippen molar-refractivity contribution in [1.29, 1.82) is 0 Å². The number of fused-ring (bicyclic) bond motifs is 1. The first kappa shape index (κ1) is 14.4. The molecule has 2 fully saturated rings. The molecular weight excluding hydrogens is 293 g/mol. The number of hydrogen-bond donors (Lipinski definition) is 0. The van der Waals surface area contributed by atoms with Gasteiger partial charge in [0.15, 0.2) is 5.78 Å². The Balaban J connectivity index is 1.73. The first-order valence-electron chi connectivity index (χ1n) is 7.29. The summed E-state index contributed by atoms with van der Waals surface area (Å²) in [4.78, 5) is 14.9. The third-order valence-electron chi connectivity index (χ3n) is 4.88. The number of Topliss-reactive ketones (excluding diaryl/α,β-unsaturated/α-hetero) is 1. The summed E-state index contributed by atoms with van der Waals surface area (Å²) in [6.45, 7) is 4.11. The highest BCUT2D eigenvalue weighted by Gasteiger charge is 2.39. The van der Waals surface area contributed by atoms with Crippen LogP contribution in [0.1, 0.15) is 36.5 Å². The molecule has 1 aromatic rings. The molecule has 3 unspecified atom stereocenters. The second-order valence-corrected chi connectivity index (χ2v) is 6.91. The van der Waals surface area contributed by atoms with E-state index in [1.54, 1.807) is 18.2 Å². The molecule has 0 N–H and O–H groups in total. The Labute approximate surface area is 130 Å². The van der Waals surface area contributed by atoms with Crippen molar-refractivity contribution in [1.82, 2.24) is 4.90 Å². The molecule has 3 atom stereocenters. The van der Waals surface area contributed by atoms with Crippen LogP contribution >= 0.6 is 23.2 Å². The van der Waals surface area contributed by atoms with E-state index in [1.165, 1.54) is 19.3 Å². The Morgan fingerprint density at radius 1 is 1.25 bits per heavy atom. The molecule has 1 aromatic carbocycles. The van der Waals surface area contributed by atoms with Gasteiger partial charge in [-0.2, -0.15) is 0 Å². The molecule has 0 amide bonds. The van der Waals surface area contributed by atoms with E-state index in [-0.39, 0.29) is 11.8 Å². The third kappa shape index (κ3) is 2.61. The number of rotatable bonds is 3. The number of likely N-dealkylation sites (tertiary alicyclic amines) is 1. The maximum Gasteiger partial charge on any atom is 0.181 e. The van der Waals surface area contributed by atoms with Crippen molar-refractivity contribution in [2.45, 2.75) is 32.2 Å². The largest absolute Gasteiger partial charge is 0.293 e. The zero-order valence-electron chi connectivity index (χ0n) is 11.6. The zero-order valence-corrected chi connectivity index (χ0v) is 13.1. The molecule has 108 valence electrons. The minimum absolute atomic E-state index is 0.0979. The van der Waals surface area contributed by atoms with Crippen molar-refractivity contribution in [3.05, 3.63) is 33.8 Å². The molecule has 1 heterocycles. The van der Waals surface area contributed by atoms with Crippen LogP contribution in [0.2, 0.25) is 10.0 Å². The van der Waals surface area contributed by atoms with E-state index in [9.17, 15) is 4.79 Å². The van der Waals surface area contributed by atoms with Crippen molar-refractivity contribution >= 4 is 29.0 Å². The fraction of sp³-hybridized carbons (Fsp3) is 0.562. The lowest BCUT2D eigenvalue weighted by atomic mass is 10.0. The normalized spacial score (nSPS) is 27.6. The Bertz CT molecular complexity index is 519.